The highest BCUT2D eigenvalue weighted by atomic mass is 32.1. The van der Waals surface area contributed by atoms with Crippen molar-refractivity contribution in [2.45, 2.75) is 42.9 Å². The second-order valence-corrected chi connectivity index (χ2v) is 6.22. The maximum Gasteiger partial charge on any atom is 0.0139 e. The fourth-order valence-corrected chi connectivity index (χ4v) is 4.75. The van der Waals surface area contributed by atoms with Crippen LogP contribution in [0.2, 0.25) is 0 Å². The Kier molecular flexibility index (Phi) is 1.42. The highest BCUT2D eigenvalue weighted by Crippen LogP contribution is 2.57. The van der Waals surface area contributed by atoms with E-state index in [1.54, 1.807) is 0 Å². The Hall–Kier alpha value is 0.310. The van der Waals surface area contributed by atoms with Gasteiger partial charge in [0.25, 0.3) is 0 Å². The zero-order chi connectivity index (χ0) is 8.34. The topological polar surface area (TPSA) is 26.0 Å². The molecule has 0 aromatic rings. The molecule has 0 aliphatic heterocycles. The SMILES string of the molecule is NC1[C@@H]2CC3C[C@H]1CC(S)(C3)C2. The van der Waals surface area contributed by atoms with Gasteiger partial charge in [-0.25, -0.2) is 0 Å². The highest BCUT2D eigenvalue weighted by Gasteiger charge is 2.52. The van der Waals surface area contributed by atoms with Gasteiger partial charge < -0.3 is 5.73 Å². The molecule has 0 heterocycles. The minimum Gasteiger partial charge on any atom is -0.327 e. The van der Waals surface area contributed by atoms with Gasteiger partial charge in [0.15, 0.2) is 0 Å². The van der Waals surface area contributed by atoms with Gasteiger partial charge in [0.05, 0.1) is 0 Å². The summed E-state index contributed by atoms with van der Waals surface area (Å²) < 4.78 is 0.395. The lowest BCUT2D eigenvalue weighted by Gasteiger charge is -2.57. The number of hydrogen-bond acceptors (Lipinski definition) is 2. The van der Waals surface area contributed by atoms with E-state index in [2.05, 4.69) is 0 Å². The summed E-state index contributed by atoms with van der Waals surface area (Å²) in [6, 6.07) is 0.516. The average molecular weight is 183 g/mol. The fraction of sp³-hybridized carbons (Fsp3) is 1.00. The molecule has 2 heteroatoms. The van der Waals surface area contributed by atoms with Crippen LogP contribution in [0.3, 0.4) is 0 Å². The third-order valence-corrected chi connectivity index (χ3v) is 4.86. The Balaban J connectivity index is 1.95. The minimum atomic E-state index is 0.395. The number of thiol groups is 1. The van der Waals surface area contributed by atoms with Gasteiger partial charge in [-0.05, 0) is 49.9 Å². The molecule has 2 N–H and O–H groups in total. The van der Waals surface area contributed by atoms with Crippen molar-refractivity contribution >= 4 is 12.6 Å². The quantitative estimate of drug-likeness (QED) is 0.550. The molecule has 0 aromatic carbocycles. The predicted molar refractivity (Wildman–Crippen MR) is 53.2 cm³/mol. The van der Waals surface area contributed by atoms with Crippen molar-refractivity contribution in [1.29, 1.82) is 0 Å². The van der Waals surface area contributed by atoms with E-state index in [9.17, 15) is 0 Å². The Morgan fingerprint density at radius 3 is 2.17 bits per heavy atom. The standard InChI is InChI=1S/C10H17NS/c11-9-7-1-6-2-8(9)5-10(12,3-6)4-7/h6-9,12H,1-5,11H2/t6?,7-,8+,9?,10?. The first kappa shape index (κ1) is 7.69. The summed E-state index contributed by atoms with van der Waals surface area (Å²) in [6.07, 6.45) is 6.77. The molecule has 4 saturated carbocycles. The minimum absolute atomic E-state index is 0.395. The van der Waals surface area contributed by atoms with Crippen LogP contribution in [0.1, 0.15) is 32.1 Å². The van der Waals surface area contributed by atoms with Gasteiger partial charge in [0.1, 0.15) is 0 Å². The molecule has 12 heavy (non-hydrogen) atoms. The second-order valence-electron chi connectivity index (χ2n) is 5.27. The van der Waals surface area contributed by atoms with Crippen molar-refractivity contribution in [2.75, 3.05) is 0 Å². The first-order valence-corrected chi connectivity index (χ1v) is 5.59. The van der Waals surface area contributed by atoms with Gasteiger partial charge in [0, 0.05) is 10.8 Å². The van der Waals surface area contributed by atoms with Crippen LogP contribution in [-0.2, 0) is 0 Å². The van der Waals surface area contributed by atoms with Crippen LogP contribution >= 0.6 is 12.6 Å². The van der Waals surface area contributed by atoms with Crippen molar-refractivity contribution in [2.24, 2.45) is 23.5 Å². The molecule has 5 atom stereocenters. The molecule has 4 aliphatic carbocycles. The summed E-state index contributed by atoms with van der Waals surface area (Å²) in [5.74, 6) is 2.60. The van der Waals surface area contributed by atoms with E-state index in [0.29, 0.717) is 10.8 Å². The summed E-state index contributed by atoms with van der Waals surface area (Å²) in [4.78, 5) is 0. The van der Waals surface area contributed by atoms with Crippen LogP contribution in [-0.4, -0.2) is 10.8 Å². The van der Waals surface area contributed by atoms with Crippen LogP contribution in [0.25, 0.3) is 0 Å². The van der Waals surface area contributed by atoms with E-state index in [1.807, 2.05) is 0 Å². The molecule has 0 radical (unpaired) electrons. The Bertz CT molecular complexity index is 200. The molecule has 1 nitrogen and oxygen atoms in total. The summed E-state index contributed by atoms with van der Waals surface area (Å²) in [6.45, 7) is 0. The van der Waals surface area contributed by atoms with Crippen molar-refractivity contribution in [3.05, 3.63) is 0 Å². The zero-order valence-electron chi connectivity index (χ0n) is 7.37. The Morgan fingerprint density at radius 2 is 1.67 bits per heavy atom. The van der Waals surface area contributed by atoms with E-state index >= 15 is 0 Å². The molecule has 3 unspecified atom stereocenters. The van der Waals surface area contributed by atoms with E-state index in [0.717, 1.165) is 17.8 Å². The molecule has 68 valence electrons. The molecular weight excluding hydrogens is 166 g/mol. The van der Waals surface area contributed by atoms with Gasteiger partial charge in [-0.3, -0.25) is 0 Å². The normalized spacial score (nSPS) is 62.5. The van der Waals surface area contributed by atoms with E-state index in [1.165, 1.54) is 32.1 Å². The van der Waals surface area contributed by atoms with Gasteiger partial charge in [-0.15, -0.1) is 0 Å². The lowest BCUT2D eigenvalue weighted by Crippen LogP contribution is -2.57. The predicted octanol–water partition coefficient (Wildman–Crippen LogP) is 1.82. The molecule has 4 rings (SSSR count). The van der Waals surface area contributed by atoms with Gasteiger partial charge >= 0.3 is 0 Å². The van der Waals surface area contributed by atoms with Gasteiger partial charge in [-0.1, -0.05) is 0 Å². The Labute approximate surface area is 79.5 Å². The third-order valence-electron chi connectivity index (χ3n) is 4.31. The maximum absolute atomic E-state index is 6.19. The highest BCUT2D eigenvalue weighted by molar-refractivity contribution is 7.81. The van der Waals surface area contributed by atoms with Crippen LogP contribution in [0.15, 0.2) is 0 Å². The van der Waals surface area contributed by atoms with Crippen LogP contribution in [0.4, 0.5) is 0 Å². The molecule has 4 fully saturated rings. The van der Waals surface area contributed by atoms with Crippen molar-refractivity contribution in [3.63, 3.8) is 0 Å². The number of hydrogen-bond donors (Lipinski definition) is 2. The van der Waals surface area contributed by atoms with Crippen molar-refractivity contribution < 1.29 is 0 Å². The molecule has 0 aromatic heterocycles. The summed E-state index contributed by atoms with van der Waals surface area (Å²) >= 11 is 4.84. The smallest absolute Gasteiger partial charge is 0.0139 e. The maximum atomic E-state index is 6.19. The van der Waals surface area contributed by atoms with E-state index < -0.39 is 0 Å². The second kappa shape index (κ2) is 2.21. The summed E-state index contributed by atoms with van der Waals surface area (Å²) in [5.41, 5.74) is 6.19. The Morgan fingerprint density at radius 1 is 1.08 bits per heavy atom. The van der Waals surface area contributed by atoms with Crippen LogP contribution in [0.5, 0.6) is 0 Å². The fourth-order valence-electron chi connectivity index (χ4n) is 4.02. The zero-order valence-corrected chi connectivity index (χ0v) is 8.26. The number of rotatable bonds is 0. The van der Waals surface area contributed by atoms with Gasteiger partial charge in [-0.2, -0.15) is 12.6 Å². The van der Waals surface area contributed by atoms with Gasteiger partial charge in [0.2, 0.25) is 0 Å². The molecule has 4 bridgehead atoms. The monoisotopic (exact) mass is 183 g/mol. The molecule has 0 spiro atoms. The first-order chi connectivity index (χ1) is 5.66. The van der Waals surface area contributed by atoms with Crippen molar-refractivity contribution in [1.82, 2.24) is 0 Å². The van der Waals surface area contributed by atoms with E-state index in [-0.39, 0.29) is 0 Å². The van der Waals surface area contributed by atoms with Crippen LogP contribution in [0, 0.1) is 17.8 Å². The average Bonchev–Trinajstić information content (AvgIpc) is 1.96. The summed E-state index contributed by atoms with van der Waals surface area (Å²) in [7, 11) is 0. The molecule has 4 aliphatic rings. The number of nitrogens with two attached hydrogens (primary N) is 1. The molecular formula is C10H17NS. The summed E-state index contributed by atoms with van der Waals surface area (Å²) in [5, 5.41) is 0. The lowest BCUT2D eigenvalue weighted by molar-refractivity contribution is 0.0184. The lowest BCUT2D eigenvalue weighted by atomic mass is 9.54. The molecule has 0 saturated heterocycles. The van der Waals surface area contributed by atoms with Crippen LogP contribution < -0.4 is 5.73 Å². The third kappa shape index (κ3) is 0.912. The van der Waals surface area contributed by atoms with E-state index in [4.69, 9.17) is 18.4 Å². The largest absolute Gasteiger partial charge is 0.327 e. The first-order valence-electron chi connectivity index (χ1n) is 5.14. The molecule has 0 amide bonds. The van der Waals surface area contributed by atoms with Crippen molar-refractivity contribution in [3.8, 4) is 0 Å².